The normalized spacial score (nSPS) is 11.8. The molecular weight excluding hydrogens is 331 g/mol. The zero-order valence-electron chi connectivity index (χ0n) is 11.3. The molecule has 0 bridgehead atoms. The van der Waals surface area contributed by atoms with Gasteiger partial charge in [-0.1, -0.05) is 12.1 Å². The number of fused-ring (bicyclic) bond motifs is 1. The highest BCUT2D eigenvalue weighted by molar-refractivity contribution is 7.12. The number of hydrogen-bond acceptors (Lipinski definition) is 3. The smallest absolute Gasteiger partial charge is 0.404 e. The summed E-state index contributed by atoms with van der Waals surface area (Å²) in [4.78, 5) is 24.5. The van der Waals surface area contributed by atoms with E-state index in [1.165, 1.54) is 29.8 Å². The molecule has 0 spiro atoms. The highest BCUT2D eigenvalue weighted by atomic mass is 32.1. The lowest BCUT2D eigenvalue weighted by atomic mass is 10.1. The van der Waals surface area contributed by atoms with Gasteiger partial charge in [-0.2, -0.15) is 8.78 Å². The number of alkyl halides is 2. The van der Waals surface area contributed by atoms with Crippen molar-refractivity contribution in [2.75, 3.05) is 0 Å². The van der Waals surface area contributed by atoms with E-state index < -0.39 is 23.5 Å². The van der Waals surface area contributed by atoms with Crippen LogP contribution in [0.5, 0.6) is 0 Å². The van der Waals surface area contributed by atoms with Gasteiger partial charge in [-0.05, 0) is 23.1 Å². The van der Waals surface area contributed by atoms with Crippen molar-refractivity contribution >= 4 is 34.0 Å². The minimum Gasteiger partial charge on any atom is -0.476 e. The summed E-state index contributed by atoms with van der Waals surface area (Å²) in [5.41, 5.74) is 1.22. The number of carbonyl (C=O) groups excluding carboxylic acids is 1. The molecule has 118 valence electrons. The Balaban J connectivity index is 2.03. The number of hydrogen-bond donors (Lipinski definition) is 2. The van der Waals surface area contributed by atoms with Crippen molar-refractivity contribution in [2.45, 2.75) is 5.92 Å². The summed E-state index contributed by atoms with van der Waals surface area (Å²) in [5, 5.41) is 10.4. The number of benzene rings is 1. The van der Waals surface area contributed by atoms with Crippen LogP contribution in [0.3, 0.4) is 0 Å². The average Bonchev–Trinajstić information content (AvgIpc) is 3.13. The van der Waals surface area contributed by atoms with Gasteiger partial charge in [0, 0.05) is 17.1 Å². The van der Waals surface area contributed by atoms with E-state index in [0.717, 1.165) is 0 Å². The van der Waals surface area contributed by atoms with E-state index >= 15 is 0 Å². The molecule has 4 nitrogen and oxygen atoms in total. The first kappa shape index (κ1) is 15.3. The van der Waals surface area contributed by atoms with Crippen LogP contribution in [0.1, 0.15) is 9.67 Å². The summed E-state index contributed by atoms with van der Waals surface area (Å²) in [6, 6.07) is 5.61. The van der Waals surface area contributed by atoms with Gasteiger partial charge < -0.3 is 10.1 Å². The lowest BCUT2D eigenvalue weighted by Crippen LogP contribution is -2.37. The Hall–Kier alpha value is -2.61. The van der Waals surface area contributed by atoms with Gasteiger partial charge in [0.25, 0.3) is 5.78 Å². The van der Waals surface area contributed by atoms with Gasteiger partial charge in [-0.25, -0.2) is 9.18 Å². The fourth-order valence-electron chi connectivity index (χ4n) is 2.20. The SMILES string of the molecule is O=C(O)C(F)(F)C(=O)c1cc(-c2c[nH]c3c(F)cccc23)cs1. The fraction of sp³-hybridized carbons (Fsp3) is 0.0667. The molecule has 0 radical (unpaired) electrons. The quantitative estimate of drug-likeness (QED) is 0.559. The van der Waals surface area contributed by atoms with E-state index in [1.54, 1.807) is 6.07 Å². The van der Waals surface area contributed by atoms with E-state index in [2.05, 4.69) is 4.98 Å². The van der Waals surface area contributed by atoms with Crippen LogP contribution in [0, 0.1) is 5.82 Å². The first-order valence-corrected chi connectivity index (χ1v) is 7.21. The summed E-state index contributed by atoms with van der Waals surface area (Å²) >= 11 is 0.712. The number of H-pyrrole nitrogens is 1. The van der Waals surface area contributed by atoms with E-state index in [0.29, 0.717) is 27.8 Å². The summed E-state index contributed by atoms with van der Waals surface area (Å²) in [5.74, 6) is -9.20. The molecule has 0 aliphatic rings. The third-order valence-electron chi connectivity index (χ3n) is 3.35. The standard InChI is InChI=1S/C15H8F3NO3S/c16-10-3-1-2-8-9(5-19-12(8)10)7-4-11(23-6-7)13(20)15(17,18)14(21)22/h1-6,19H,(H,21,22). The first-order chi connectivity index (χ1) is 10.8. The number of rotatable bonds is 4. The minimum atomic E-state index is -4.48. The number of carbonyl (C=O) groups is 2. The maximum Gasteiger partial charge on any atom is 0.404 e. The van der Waals surface area contributed by atoms with Crippen LogP contribution >= 0.6 is 11.3 Å². The molecule has 2 aromatic heterocycles. The third-order valence-corrected chi connectivity index (χ3v) is 4.28. The first-order valence-electron chi connectivity index (χ1n) is 6.33. The van der Waals surface area contributed by atoms with Crippen LogP contribution in [0.15, 0.2) is 35.8 Å². The molecule has 0 fully saturated rings. The minimum absolute atomic E-state index is 0.262. The average molecular weight is 339 g/mol. The highest BCUT2D eigenvalue weighted by Gasteiger charge is 2.48. The molecule has 0 atom stereocenters. The maximum absolute atomic E-state index is 13.6. The number of halogens is 3. The van der Waals surface area contributed by atoms with E-state index in [9.17, 15) is 22.8 Å². The molecule has 2 heterocycles. The van der Waals surface area contributed by atoms with Crippen molar-refractivity contribution in [1.82, 2.24) is 4.98 Å². The largest absolute Gasteiger partial charge is 0.476 e. The molecule has 3 aromatic rings. The number of aromatic amines is 1. The molecule has 0 aliphatic heterocycles. The molecule has 0 amide bonds. The summed E-state index contributed by atoms with van der Waals surface area (Å²) in [7, 11) is 0. The zero-order valence-corrected chi connectivity index (χ0v) is 12.1. The van der Waals surface area contributed by atoms with Gasteiger partial charge in [0.2, 0.25) is 0 Å². The Bertz CT molecular complexity index is 929. The molecule has 0 aliphatic carbocycles. The number of carboxylic acids is 1. The van der Waals surface area contributed by atoms with Crippen molar-refractivity contribution in [1.29, 1.82) is 0 Å². The van der Waals surface area contributed by atoms with Crippen LogP contribution in [0.4, 0.5) is 13.2 Å². The summed E-state index contributed by atoms with van der Waals surface area (Å²) in [6.07, 6.45) is 1.50. The molecule has 0 saturated heterocycles. The van der Waals surface area contributed by atoms with Gasteiger partial charge in [-0.3, -0.25) is 4.79 Å². The number of Topliss-reactive ketones (excluding diaryl/α,β-unsaturated/α-hetero) is 1. The second-order valence-electron chi connectivity index (χ2n) is 4.77. The lowest BCUT2D eigenvalue weighted by Gasteiger charge is -2.07. The summed E-state index contributed by atoms with van der Waals surface area (Å²) in [6.45, 7) is 0. The fourth-order valence-corrected chi connectivity index (χ4v) is 3.08. The van der Waals surface area contributed by atoms with Crippen molar-refractivity contribution < 1.29 is 27.9 Å². The number of carboxylic acid groups (broad SMARTS) is 1. The van der Waals surface area contributed by atoms with Crippen molar-refractivity contribution in [3.63, 3.8) is 0 Å². The van der Waals surface area contributed by atoms with E-state index in [4.69, 9.17) is 5.11 Å². The van der Waals surface area contributed by atoms with Crippen LogP contribution in [-0.4, -0.2) is 27.8 Å². The van der Waals surface area contributed by atoms with E-state index in [-0.39, 0.29) is 10.4 Å². The van der Waals surface area contributed by atoms with Gasteiger partial charge in [0.05, 0.1) is 10.4 Å². The number of ketones is 1. The maximum atomic E-state index is 13.6. The van der Waals surface area contributed by atoms with Gasteiger partial charge in [0.15, 0.2) is 0 Å². The molecular formula is C15H8F3NO3S. The lowest BCUT2D eigenvalue weighted by molar-refractivity contribution is -0.157. The van der Waals surface area contributed by atoms with Crippen molar-refractivity contribution in [2.24, 2.45) is 0 Å². The molecule has 0 unspecified atom stereocenters. The predicted octanol–water partition coefficient (Wildman–Crippen LogP) is 3.94. The molecule has 3 rings (SSSR count). The number of thiophene rings is 1. The number of aliphatic carboxylic acids is 1. The molecule has 1 aromatic carbocycles. The Labute approximate surface area is 131 Å². The van der Waals surface area contributed by atoms with Gasteiger partial charge in [-0.15, -0.1) is 11.3 Å². The second-order valence-corrected chi connectivity index (χ2v) is 5.68. The number of nitrogens with one attached hydrogen (secondary N) is 1. The molecule has 8 heteroatoms. The molecule has 0 saturated carbocycles. The van der Waals surface area contributed by atoms with Gasteiger partial charge >= 0.3 is 11.9 Å². The van der Waals surface area contributed by atoms with Crippen LogP contribution in [0.25, 0.3) is 22.0 Å². The van der Waals surface area contributed by atoms with Crippen LogP contribution in [-0.2, 0) is 4.79 Å². The molecule has 23 heavy (non-hydrogen) atoms. The number of aromatic nitrogens is 1. The Morgan fingerprint density at radius 2 is 2.00 bits per heavy atom. The van der Waals surface area contributed by atoms with Crippen molar-refractivity contribution in [3.8, 4) is 11.1 Å². The van der Waals surface area contributed by atoms with Crippen molar-refractivity contribution in [3.05, 3.63) is 46.5 Å². The Morgan fingerprint density at radius 3 is 2.70 bits per heavy atom. The highest BCUT2D eigenvalue weighted by Crippen LogP contribution is 2.34. The monoisotopic (exact) mass is 339 g/mol. The van der Waals surface area contributed by atoms with Gasteiger partial charge in [0.1, 0.15) is 5.82 Å². The number of para-hydroxylation sites is 1. The third kappa shape index (κ3) is 2.40. The topological polar surface area (TPSA) is 70.2 Å². The zero-order chi connectivity index (χ0) is 16.8. The van der Waals surface area contributed by atoms with E-state index in [1.807, 2.05) is 0 Å². The predicted molar refractivity (Wildman–Crippen MR) is 78.5 cm³/mol. The molecule has 2 N–H and O–H groups in total. The Kier molecular flexibility index (Phi) is 3.48. The Morgan fingerprint density at radius 1 is 1.26 bits per heavy atom. The van der Waals surface area contributed by atoms with Crippen LogP contribution in [0.2, 0.25) is 0 Å². The second kappa shape index (κ2) is 5.24. The summed E-state index contributed by atoms with van der Waals surface area (Å²) < 4.78 is 40.2. The van der Waals surface area contributed by atoms with Crippen LogP contribution < -0.4 is 0 Å².